The van der Waals surface area contributed by atoms with Crippen LogP contribution in [0.15, 0.2) is 23.1 Å². The number of nitrogens with two attached hydrogens (primary N) is 1. The summed E-state index contributed by atoms with van der Waals surface area (Å²) in [7, 11) is 1.65. The Morgan fingerprint density at radius 1 is 1.57 bits per heavy atom. The molecule has 4 heteroatoms. The zero-order valence-electron chi connectivity index (χ0n) is 8.29. The molecule has 2 nitrogen and oxygen atoms in total. The van der Waals surface area contributed by atoms with Crippen molar-refractivity contribution in [3.8, 4) is 0 Å². The Kier molecular flexibility index (Phi) is 4.22. The number of nitrogen functional groups attached to an aromatic ring is 1. The second kappa shape index (κ2) is 5.22. The number of rotatable bonds is 4. The van der Waals surface area contributed by atoms with E-state index in [0.29, 0.717) is 11.9 Å². The van der Waals surface area contributed by atoms with Gasteiger partial charge < -0.3 is 10.5 Å². The molecule has 1 atom stereocenters. The minimum Gasteiger partial charge on any atom is -0.396 e. The van der Waals surface area contributed by atoms with E-state index in [1.165, 1.54) is 6.07 Å². The lowest BCUT2D eigenvalue weighted by Gasteiger charge is -2.09. The topological polar surface area (TPSA) is 35.2 Å². The highest BCUT2D eigenvalue weighted by atomic mass is 32.2. The number of hydrogen-bond acceptors (Lipinski definition) is 3. The second-order valence-electron chi connectivity index (χ2n) is 3.07. The highest BCUT2D eigenvalue weighted by molar-refractivity contribution is 8.00. The molecule has 2 N–H and O–H groups in total. The van der Waals surface area contributed by atoms with Gasteiger partial charge in [-0.2, -0.15) is 0 Å². The third kappa shape index (κ3) is 3.20. The van der Waals surface area contributed by atoms with Crippen LogP contribution in [0.4, 0.5) is 10.1 Å². The van der Waals surface area contributed by atoms with E-state index in [-0.39, 0.29) is 11.5 Å². The molecule has 0 radical (unpaired) electrons. The predicted molar refractivity (Wildman–Crippen MR) is 58.0 cm³/mol. The van der Waals surface area contributed by atoms with Crippen molar-refractivity contribution in [2.45, 2.75) is 17.1 Å². The van der Waals surface area contributed by atoms with Crippen LogP contribution in [0.5, 0.6) is 0 Å². The minimum atomic E-state index is -0.361. The van der Waals surface area contributed by atoms with E-state index in [9.17, 15) is 4.39 Å². The molecule has 0 aliphatic heterocycles. The van der Waals surface area contributed by atoms with Crippen molar-refractivity contribution in [3.05, 3.63) is 24.0 Å². The van der Waals surface area contributed by atoms with E-state index in [0.717, 1.165) is 4.90 Å². The van der Waals surface area contributed by atoms with Gasteiger partial charge in [-0.05, 0) is 18.2 Å². The van der Waals surface area contributed by atoms with E-state index in [1.54, 1.807) is 24.9 Å². The fraction of sp³-hybridized carbons (Fsp3) is 0.400. The molecule has 0 saturated heterocycles. The normalized spacial score (nSPS) is 12.8. The summed E-state index contributed by atoms with van der Waals surface area (Å²) in [5.41, 5.74) is 5.56. The van der Waals surface area contributed by atoms with Gasteiger partial charge in [0.15, 0.2) is 0 Å². The highest BCUT2D eigenvalue weighted by Crippen LogP contribution is 2.25. The number of ether oxygens (including phenoxy) is 1. The quantitative estimate of drug-likeness (QED) is 0.619. The van der Waals surface area contributed by atoms with Crippen LogP contribution < -0.4 is 5.73 Å². The van der Waals surface area contributed by atoms with Crippen molar-refractivity contribution >= 4 is 17.4 Å². The average Bonchev–Trinajstić information content (AvgIpc) is 2.12. The number of halogens is 1. The Morgan fingerprint density at radius 3 is 2.86 bits per heavy atom. The molecule has 0 spiro atoms. The molecule has 0 fully saturated rings. The van der Waals surface area contributed by atoms with Crippen molar-refractivity contribution in [2.75, 3.05) is 19.5 Å². The largest absolute Gasteiger partial charge is 0.396 e. The van der Waals surface area contributed by atoms with Crippen LogP contribution in [0.2, 0.25) is 0 Å². The van der Waals surface area contributed by atoms with Crippen LogP contribution in [0.3, 0.4) is 0 Å². The molecule has 0 amide bonds. The van der Waals surface area contributed by atoms with Crippen LogP contribution in [0, 0.1) is 5.82 Å². The number of thioether (sulfide) groups is 1. The minimum absolute atomic E-state index is 0.189. The van der Waals surface area contributed by atoms with Crippen LogP contribution in [-0.4, -0.2) is 19.0 Å². The first-order valence-electron chi connectivity index (χ1n) is 4.34. The number of anilines is 1. The lowest BCUT2D eigenvalue weighted by molar-refractivity contribution is 0.203. The van der Waals surface area contributed by atoms with E-state index < -0.39 is 0 Å². The van der Waals surface area contributed by atoms with E-state index >= 15 is 0 Å². The third-order valence-corrected chi connectivity index (χ3v) is 2.78. The number of methoxy groups -OCH3 is 1. The molecule has 14 heavy (non-hydrogen) atoms. The standard InChI is InChI=1S/C10H14FNOS/c1-7(6-13-2)14-8-3-4-10(12)9(11)5-8/h3-5,7H,6,12H2,1-2H3. The molecule has 0 saturated carbocycles. The first kappa shape index (κ1) is 11.3. The van der Waals surface area contributed by atoms with Gasteiger partial charge in [0.2, 0.25) is 0 Å². The summed E-state index contributed by atoms with van der Waals surface area (Å²) in [6.07, 6.45) is 0. The average molecular weight is 215 g/mol. The van der Waals surface area contributed by atoms with Crippen LogP contribution in [0.25, 0.3) is 0 Å². The fourth-order valence-corrected chi connectivity index (χ4v) is 2.07. The Balaban J connectivity index is 2.63. The van der Waals surface area contributed by atoms with Gasteiger partial charge in [-0.1, -0.05) is 6.92 Å². The van der Waals surface area contributed by atoms with Crippen molar-refractivity contribution in [2.24, 2.45) is 0 Å². The van der Waals surface area contributed by atoms with Crippen molar-refractivity contribution in [1.29, 1.82) is 0 Å². The lowest BCUT2D eigenvalue weighted by Crippen LogP contribution is -2.04. The molecule has 1 aromatic carbocycles. The molecule has 78 valence electrons. The van der Waals surface area contributed by atoms with Crippen molar-refractivity contribution in [1.82, 2.24) is 0 Å². The Hall–Kier alpha value is -0.740. The van der Waals surface area contributed by atoms with Crippen LogP contribution >= 0.6 is 11.8 Å². The van der Waals surface area contributed by atoms with Crippen LogP contribution in [-0.2, 0) is 4.74 Å². The Labute approximate surface area is 87.6 Å². The van der Waals surface area contributed by atoms with E-state index in [4.69, 9.17) is 10.5 Å². The summed E-state index contributed by atoms with van der Waals surface area (Å²) in [6.45, 7) is 2.68. The molecule has 0 aliphatic carbocycles. The molecular weight excluding hydrogens is 201 g/mol. The monoisotopic (exact) mass is 215 g/mol. The molecule has 0 heterocycles. The second-order valence-corrected chi connectivity index (χ2v) is 4.58. The molecule has 0 aromatic heterocycles. The maximum atomic E-state index is 13.0. The zero-order valence-corrected chi connectivity index (χ0v) is 9.10. The molecule has 0 bridgehead atoms. The van der Waals surface area contributed by atoms with Crippen molar-refractivity contribution in [3.63, 3.8) is 0 Å². The van der Waals surface area contributed by atoms with Crippen LogP contribution in [0.1, 0.15) is 6.92 Å². The highest BCUT2D eigenvalue weighted by Gasteiger charge is 2.05. The maximum absolute atomic E-state index is 13.0. The third-order valence-electron chi connectivity index (χ3n) is 1.71. The summed E-state index contributed by atoms with van der Waals surface area (Å²) in [6, 6.07) is 4.85. The van der Waals surface area contributed by atoms with E-state index in [1.807, 2.05) is 13.0 Å². The molecule has 1 rings (SSSR count). The van der Waals surface area contributed by atoms with Gasteiger partial charge in [-0.15, -0.1) is 11.8 Å². The number of hydrogen-bond donors (Lipinski definition) is 1. The predicted octanol–water partition coefficient (Wildman–Crippen LogP) is 2.53. The maximum Gasteiger partial charge on any atom is 0.147 e. The number of benzene rings is 1. The molecule has 1 aromatic rings. The van der Waals surface area contributed by atoms with Gasteiger partial charge >= 0.3 is 0 Å². The lowest BCUT2D eigenvalue weighted by atomic mass is 10.3. The van der Waals surface area contributed by atoms with Gasteiger partial charge in [-0.25, -0.2) is 4.39 Å². The van der Waals surface area contributed by atoms with Gasteiger partial charge in [0.05, 0.1) is 12.3 Å². The van der Waals surface area contributed by atoms with Gasteiger partial charge in [-0.3, -0.25) is 0 Å². The smallest absolute Gasteiger partial charge is 0.147 e. The molecule has 1 unspecified atom stereocenters. The first-order chi connectivity index (χ1) is 6.63. The summed E-state index contributed by atoms with van der Waals surface area (Å²) in [5.74, 6) is -0.361. The van der Waals surface area contributed by atoms with Crippen molar-refractivity contribution < 1.29 is 9.13 Å². The van der Waals surface area contributed by atoms with E-state index in [2.05, 4.69) is 0 Å². The van der Waals surface area contributed by atoms with Gasteiger partial charge in [0.25, 0.3) is 0 Å². The molecular formula is C10H14FNOS. The SMILES string of the molecule is COCC(C)Sc1ccc(N)c(F)c1. The van der Waals surface area contributed by atoms with Gasteiger partial charge in [0, 0.05) is 17.3 Å². The van der Waals surface area contributed by atoms with Gasteiger partial charge in [0.1, 0.15) is 5.82 Å². The summed E-state index contributed by atoms with van der Waals surface area (Å²) in [4.78, 5) is 0.876. The summed E-state index contributed by atoms with van der Waals surface area (Å²) < 4.78 is 18.0. The fourth-order valence-electron chi connectivity index (χ4n) is 1.08. The zero-order chi connectivity index (χ0) is 10.6. The first-order valence-corrected chi connectivity index (χ1v) is 5.22. The Bertz CT molecular complexity index is 306. The summed E-state index contributed by atoms with van der Waals surface area (Å²) >= 11 is 1.57. The Morgan fingerprint density at radius 2 is 2.29 bits per heavy atom. The summed E-state index contributed by atoms with van der Waals surface area (Å²) in [5, 5.41) is 0.308. The molecule has 0 aliphatic rings.